The predicted octanol–water partition coefficient (Wildman–Crippen LogP) is 2.25. The predicted molar refractivity (Wildman–Crippen MR) is 84.1 cm³/mol. The number of fused-ring (bicyclic) bond motifs is 2. The summed E-state index contributed by atoms with van der Waals surface area (Å²) in [5.41, 5.74) is 1.98. The van der Waals surface area contributed by atoms with Crippen LogP contribution in [-0.2, 0) is 16.5 Å². The fourth-order valence-corrected chi connectivity index (χ4v) is 4.12. The monoisotopic (exact) mass is 315 g/mol. The van der Waals surface area contributed by atoms with Crippen LogP contribution in [0.5, 0.6) is 0 Å². The molecule has 3 unspecified atom stereocenters. The third kappa shape index (κ3) is 2.01. The van der Waals surface area contributed by atoms with Crippen LogP contribution in [0.15, 0.2) is 12.3 Å². The van der Waals surface area contributed by atoms with Gasteiger partial charge in [-0.25, -0.2) is 9.78 Å². The molecule has 3 heterocycles. The van der Waals surface area contributed by atoms with Crippen molar-refractivity contribution in [3.63, 3.8) is 0 Å². The molecule has 0 radical (unpaired) electrons. The molecule has 2 aromatic heterocycles. The summed E-state index contributed by atoms with van der Waals surface area (Å²) in [5.74, 6) is 0.0110. The third-order valence-corrected chi connectivity index (χ3v) is 5.33. The second-order valence-corrected chi connectivity index (χ2v) is 7.20. The first-order valence-electron chi connectivity index (χ1n) is 8.01. The van der Waals surface area contributed by atoms with E-state index in [2.05, 4.69) is 23.9 Å². The minimum Gasteiger partial charge on any atom is -0.458 e. The van der Waals surface area contributed by atoms with Crippen molar-refractivity contribution in [3.8, 4) is 0 Å². The minimum absolute atomic E-state index is 0.0896. The Kier molecular flexibility index (Phi) is 3.04. The highest BCUT2D eigenvalue weighted by molar-refractivity contribution is 5.93. The molecular formula is C17H21N3O3. The van der Waals surface area contributed by atoms with Crippen molar-refractivity contribution >= 4 is 17.0 Å². The van der Waals surface area contributed by atoms with Gasteiger partial charge in [0.1, 0.15) is 6.10 Å². The van der Waals surface area contributed by atoms with Crippen LogP contribution < -0.4 is 0 Å². The van der Waals surface area contributed by atoms with Gasteiger partial charge in [0.2, 0.25) is 0 Å². The number of carbonyl (C=O) groups is 1. The SMILES string of the molecule is Cc1nn(C)c2ncc(C(=O)OC3C4CCOC4C3(C)C)cc12. The van der Waals surface area contributed by atoms with Gasteiger partial charge < -0.3 is 9.47 Å². The van der Waals surface area contributed by atoms with Crippen LogP contribution in [0.4, 0.5) is 0 Å². The molecule has 2 aliphatic rings. The molecule has 1 saturated carbocycles. The normalized spacial score (nSPS) is 28.4. The number of carbonyl (C=O) groups excluding carboxylic acids is 1. The third-order valence-electron chi connectivity index (χ3n) is 5.33. The Morgan fingerprint density at radius 2 is 2.26 bits per heavy atom. The minimum atomic E-state index is -0.314. The van der Waals surface area contributed by atoms with Crippen LogP contribution in [-0.4, -0.2) is 39.5 Å². The Hall–Kier alpha value is -1.95. The van der Waals surface area contributed by atoms with E-state index in [0.717, 1.165) is 29.8 Å². The molecule has 23 heavy (non-hydrogen) atoms. The smallest absolute Gasteiger partial charge is 0.340 e. The zero-order valence-corrected chi connectivity index (χ0v) is 13.9. The highest BCUT2D eigenvalue weighted by Crippen LogP contribution is 2.53. The second-order valence-electron chi connectivity index (χ2n) is 7.20. The number of aryl methyl sites for hydroxylation is 2. The van der Waals surface area contributed by atoms with Crippen molar-refractivity contribution in [2.75, 3.05) is 6.61 Å². The van der Waals surface area contributed by atoms with Crippen LogP contribution >= 0.6 is 0 Å². The summed E-state index contributed by atoms with van der Waals surface area (Å²) in [7, 11) is 1.84. The van der Waals surface area contributed by atoms with Gasteiger partial charge in [0.25, 0.3) is 0 Å². The Morgan fingerprint density at radius 3 is 3.04 bits per heavy atom. The molecule has 1 saturated heterocycles. The molecule has 6 nitrogen and oxygen atoms in total. The van der Waals surface area contributed by atoms with Crippen LogP contribution in [0.25, 0.3) is 11.0 Å². The van der Waals surface area contributed by atoms with E-state index >= 15 is 0 Å². The molecule has 1 aliphatic heterocycles. The molecule has 2 fully saturated rings. The maximum Gasteiger partial charge on any atom is 0.340 e. The van der Waals surface area contributed by atoms with Crippen molar-refractivity contribution in [3.05, 3.63) is 23.5 Å². The maximum absolute atomic E-state index is 12.6. The first-order valence-corrected chi connectivity index (χ1v) is 8.01. The summed E-state index contributed by atoms with van der Waals surface area (Å²) in [6, 6.07) is 1.82. The number of hydrogen-bond donors (Lipinski definition) is 0. The number of nitrogens with zero attached hydrogens (tertiary/aromatic N) is 3. The summed E-state index contributed by atoms with van der Waals surface area (Å²) in [6.07, 6.45) is 2.65. The topological polar surface area (TPSA) is 66.2 Å². The van der Waals surface area contributed by atoms with Crippen molar-refractivity contribution in [1.82, 2.24) is 14.8 Å². The zero-order valence-electron chi connectivity index (χ0n) is 13.9. The Bertz CT molecular complexity index is 796. The van der Waals surface area contributed by atoms with Gasteiger partial charge in [-0.15, -0.1) is 0 Å². The first-order chi connectivity index (χ1) is 10.9. The van der Waals surface area contributed by atoms with E-state index in [0.29, 0.717) is 11.5 Å². The molecule has 1 aliphatic carbocycles. The standard InChI is InChI=1S/C17H21N3O3/c1-9-12-7-10(8-18-15(12)20(4)19-9)16(21)23-14-11-5-6-22-13(11)17(14,2)3/h7-8,11,13-14H,5-6H2,1-4H3. The number of aromatic nitrogens is 3. The summed E-state index contributed by atoms with van der Waals surface area (Å²) >= 11 is 0. The second kappa shape index (κ2) is 4.77. The molecule has 0 bridgehead atoms. The van der Waals surface area contributed by atoms with Crippen LogP contribution in [0, 0.1) is 18.3 Å². The summed E-state index contributed by atoms with van der Waals surface area (Å²) in [6.45, 7) is 6.87. The van der Waals surface area contributed by atoms with Gasteiger partial charge in [0, 0.05) is 36.6 Å². The Labute approximate surface area is 134 Å². The van der Waals surface area contributed by atoms with Gasteiger partial charge in [-0.3, -0.25) is 4.68 Å². The molecule has 122 valence electrons. The van der Waals surface area contributed by atoms with Crippen molar-refractivity contribution in [2.45, 2.75) is 39.4 Å². The van der Waals surface area contributed by atoms with Gasteiger partial charge >= 0.3 is 5.97 Å². The average molecular weight is 315 g/mol. The molecular weight excluding hydrogens is 294 g/mol. The van der Waals surface area contributed by atoms with E-state index < -0.39 is 0 Å². The summed E-state index contributed by atoms with van der Waals surface area (Å²) in [4.78, 5) is 16.9. The molecule has 4 rings (SSSR count). The van der Waals surface area contributed by atoms with E-state index in [9.17, 15) is 4.79 Å². The molecule has 0 N–H and O–H groups in total. The van der Waals surface area contributed by atoms with E-state index in [1.165, 1.54) is 0 Å². The Balaban J connectivity index is 1.59. The molecule has 6 heteroatoms. The van der Waals surface area contributed by atoms with Crippen molar-refractivity contribution in [2.24, 2.45) is 18.4 Å². The van der Waals surface area contributed by atoms with Gasteiger partial charge in [-0.2, -0.15) is 5.10 Å². The lowest BCUT2D eigenvalue weighted by Crippen LogP contribution is -2.61. The summed E-state index contributed by atoms with van der Waals surface area (Å²) < 4.78 is 13.3. The van der Waals surface area contributed by atoms with E-state index in [1.54, 1.807) is 10.9 Å². The molecule has 2 aromatic rings. The van der Waals surface area contributed by atoms with Crippen molar-refractivity contribution < 1.29 is 14.3 Å². The van der Waals surface area contributed by atoms with Gasteiger partial charge in [0.05, 0.1) is 17.4 Å². The molecule has 0 aromatic carbocycles. The van der Waals surface area contributed by atoms with E-state index in [1.807, 2.05) is 20.0 Å². The quantitative estimate of drug-likeness (QED) is 0.795. The molecule has 0 spiro atoms. The van der Waals surface area contributed by atoms with Crippen molar-refractivity contribution in [1.29, 1.82) is 0 Å². The van der Waals surface area contributed by atoms with Gasteiger partial charge in [-0.05, 0) is 19.4 Å². The van der Waals surface area contributed by atoms with E-state index in [-0.39, 0.29) is 23.6 Å². The zero-order chi connectivity index (χ0) is 16.4. The number of ether oxygens (including phenoxy) is 2. The van der Waals surface area contributed by atoms with E-state index in [4.69, 9.17) is 9.47 Å². The first kappa shape index (κ1) is 14.6. The lowest BCUT2D eigenvalue weighted by molar-refractivity contribution is -0.183. The van der Waals surface area contributed by atoms with Crippen LogP contribution in [0.2, 0.25) is 0 Å². The highest BCUT2D eigenvalue weighted by Gasteiger charge is 2.61. The highest BCUT2D eigenvalue weighted by atomic mass is 16.6. The summed E-state index contributed by atoms with van der Waals surface area (Å²) in [5, 5.41) is 5.22. The number of rotatable bonds is 2. The lowest BCUT2D eigenvalue weighted by atomic mass is 9.59. The number of pyridine rings is 1. The maximum atomic E-state index is 12.6. The fraction of sp³-hybridized carbons (Fsp3) is 0.588. The molecule has 3 atom stereocenters. The number of hydrogen-bond acceptors (Lipinski definition) is 5. The van der Waals surface area contributed by atoms with Gasteiger partial charge in [-0.1, -0.05) is 13.8 Å². The average Bonchev–Trinajstić information content (AvgIpc) is 3.08. The number of esters is 1. The Morgan fingerprint density at radius 1 is 1.48 bits per heavy atom. The largest absolute Gasteiger partial charge is 0.458 e. The lowest BCUT2D eigenvalue weighted by Gasteiger charge is -2.53. The molecule has 0 amide bonds. The van der Waals surface area contributed by atoms with Crippen LogP contribution in [0.1, 0.15) is 36.3 Å². The fourth-order valence-electron chi connectivity index (χ4n) is 4.12. The van der Waals surface area contributed by atoms with Gasteiger partial charge in [0.15, 0.2) is 5.65 Å². The van der Waals surface area contributed by atoms with Crippen LogP contribution in [0.3, 0.4) is 0 Å².